The molecule has 166 valence electrons. The molecule has 0 aliphatic rings. The fourth-order valence-electron chi connectivity index (χ4n) is 2.75. The molecule has 0 saturated heterocycles. The fraction of sp³-hybridized carbons (Fsp3) is 0.182. The molecule has 10 nitrogen and oxygen atoms in total. The van der Waals surface area contributed by atoms with Crippen LogP contribution in [0.4, 0.5) is 11.4 Å². The average Bonchev–Trinajstić information content (AvgIpc) is 3.28. The van der Waals surface area contributed by atoms with Crippen LogP contribution in [0.5, 0.6) is 11.5 Å². The van der Waals surface area contributed by atoms with E-state index in [1.165, 1.54) is 31.4 Å². The molecule has 3 rings (SSSR count). The van der Waals surface area contributed by atoms with Crippen molar-refractivity contribution < 1.29 is 33.1 Å². The molecule has 0 fully saturated rings. The van der Waals surface area contributed by atoms with E-state index in [-0.39, 0.29) is 23.7 Å². The molecule has 1 aromatic heterocycles. The maximum Gasteiger partial charge on any atom is 0.337 e. The number of carbonyl (C=O) groups excluding carboxylic acids is 2. The smallest absolute Gasteiger partial charge is 0.337 e. The minimum atomic E-state index is -0.647. The quantitative estimate of drug-likeness (QED) is 0.298. The van der Waals surface area contributed by atoms with Gasteiger partial charge in [-0.2, -0.15) is 0 Å². The molecule has 1 N–H and O–H groups in total. The summed E-state index contributed by atoms with van der Waals surface area (Å²) in [5, 5.41) is 13.8. The molecule has 0 unspecified atom stereocenters. The fourth-order valence-corrected chi connectivity index (χ4v) is 2.75. The van der Waals surface area contributed by atoms with Crippen molar-refractivity contribution in [1.82, 2.24) is 0 Å². The Labute approximate surface area is 182 Å². The molecule has 0 radical (unpaired) electrons. The molecular weight excluding hydrogens is 420 g/mol. The van der Waals surface area contributed by atoms with Crippen LogP contribution in [0.3, 0.4) is 0 Å². The summed E-state index contributed by atoms with van der Waals surface area (Å²) in [5.41, 5.74) is 0.110. The Kier molecular flexibility index (Phi) is 7.06. The number of methoxy groups -OCH3 is 1. The van der Waals surface area contributed by atoms with Gasteiger partial charge in [0.15, 0.2) is 5.76 Å². The second-order valence-corrected chi connectivity index (χ2v) is 6.39. The predicted molar refractivity (Wildman–Crippen MR) is 113 cm³/mol. The van der Waals surface area contributed by atoms with Crippen molar-refractivity contribution in [3.8, 4) is 11.5 Å². The number of hydrogen-bond acceptors (Lipinski definition) is 8. The van der Waals surface area contributed by atoms with Gasteiger partial charge in [0.2, 0.25) is 0 Å². The van der Waals surface area contributed by atoms with E-state index < -0.39 is 16.8 Å². The lowest BCUT2D eigenvalue weighted by Gasteiger charge is -2.07. The highest BCUT2D eigenvalue weighted by molar-refractivity contribution is 6.03. The monoisotopic (exact) mass is 440 g/mol. The van der Waals surface area contributed by atoms with Gasteiger partial charge in [-0.05, 0) is 55.5 Å². The molecule has 32 heavy (non-hydrogen) atoms. The van der Waals surface area contributed by atoms with Crippen molar-refractivity contribution in [3.05, 3.63) is 81.8 Å². The lowest BCUT2D eigenvalue weighted by atomic mass is 10.2. The molecule has 0 bridgehead atoms. The first-order valence-electron chi connectivity index (χ1n) is 9.53. The van der Waals surface area contributed by atoms with Gasteiger partial charge in [-0.15, -0.1) is 0 Å². The number of amides is 1. The van der Waals surface area contributed by atoms with E-state index in [1.807, 2.05) is 0 Å². The lowest BCUT2D eigenvalue weighted by Crippen LogP contribution is -2.12. The number of ether oxygens (including phenoxy) is 3. The van der Waals surface area contributed by atoms with Crippen molar-refractivity contribution in [1.29, 1.82) is 0 Å². The highest BCUT2D eigenvalue weighted by Crippen LogP contribution is 2.29. The van der Waals surface area contributed by atoms with Gasteiger partial charge in [0, 0.05) is 0 Å². The van der Waals surface area contributed by atoms with Crippen LogP contribution in [0.25, 0.3) is 0 Å². The molecule has 2 aromatic carbocycles. The van der Waals surface area contributed by atoms with Crippen molar-refractivity contribution in [3.63, 3.8) is 0 Å². The van der Waals surface area contributed by atoms with Gasteiger partial charge in [-0.3, -0.25) is 14.9 Å². The summed E-state index contributed by atoms with van der Waals surface area (Å²) < 4.78 is 20.9. The second kappa shape index (κ2) is 10.1. The van der Waals surface area contributed by atoms with Crippen LogP contribution >= 0.6 is 0 Å². The Balaban J connectivity index is 1.63. The number of nitro groups is 1. The minimum absolute atomic E-state index is 0.0170. The summed E-state index contributed by atoms with van der Waals surface area (Å²) in [6.45, 7) is 2.15. The van der Waals surface area contributed by atoms with Gasteiger partial charge < -0.3 is 23.9 Å². The van der Waals surface area contributed by atoms with Gasteiger partial charge in [0.25, 0.3) is 11.6 Å². The Bertz CT molecular complexity index is 1120. The first kappa shape index (κ1) is 22.3. The summed E-state index contributed by atoms with van der Waals surface area (Å²) in [6, 6.07) is 13.5. The van der Waals surface area contributed by atoms with E-state index in [0.717, 1.165) is 0 Å². The minimum Gasteiger partial charge on any atom is -0.494 e. The molecule has 10 heteroatoms. The van der Waals surface area contributed by atoms with E-state index in [4.69, 9.17) is 13.9 Å². The normalized spacial score (nSPS) is 10.3. The standard InChI is InChI=1S/C22H20N2O8/c1-3-30-16-8-10-18(19(12-16)24(27)28)23-21(25)20-11-9-17(32-20)13-31-15-6-4-14(5-7-15)22(26)29-2/h4-12H,3,13H2,1-2H3,(H,23,25). The van der Waals surface area contributed by atoms with Gasteiger partial charge in [-0.1, -0.05) is 0 Å². The van der Waals surface area contributed by atoms with Gasteiger partial charge >= 0.3 is 5.97 Å². The Morgan fingerprint density at radius 2 is 1.75 bits per heavy atom. The summed E-state index contributed by atoms with van der Waals surface area (Å²) >= 11 is 0. The van der Waals surface area contributed by atoms with Crippen LogP contribution in [-0.4, -0.2) is 30.5 Å². The van der Waals surface area contributed by atoms with Crippen molar-refractivity contribution >= 4 is 23.3 Å². The first-order valence-corrected chi connectivity index (χ1v) is 9.53. The number of anilines is 1. The molecule has 0 aliphatic heterocycles. The molecule has 0 saturated carbocycles. The summed E-state index contributed by atoms with van der Waals surface area (Å²) in [5.74, 6) is 0.0532. The topological polar surface area (TPSA) is 130 Å². The van der Waals surface area contributed by atoms with Crippen LogP contribution in [0.15, 0.2) is 59.0 Å². The molecule has 3 aromatic rings. The number of furan rings is 1. The second-order valence-electron chi connectivity index (χ2n) is 6.39. The zero-order chi connectivity index (χ0) is 23.1. The number of nitro benzene ring substituents is 1. The van der Waals surface area contributed by atoms with E-state index in [0.29, 0.717) is 29.4 Å². The van der Waals surface area contributed by atoms with Crippen LogP contribution < -0.4 is 14.8 Å². The van der Waals surface area contributed by atoms with Crippen LogP contribution in [-0.2, 0) is 11.3 Å². The maximum absolute atomic E-state index is 12.5. The van der Waals surface area contributed by atoms with E-state index in [1.54, 1.807) is 37.3 Å². The summed E-state index contributed by atoms with van der Waals surface area (Å²) in [7, 11) is 1.30. The number of esters is 1. The van der Waals surface area contributed by atoms with E-state index >= 15 is 0 Å². The number of hydrogen-bond donors (Lipinski definition) is 1. The van der Waals surface area contributed by atoms with Crippen LogP contribution in [0.2, 0.25) is 0 Å². The number of benzene rings is 2. The van der Waals surface area contributed by atoms with Crippen molar-refractivity contribution in [2.24, 2.45) is 0 Å². The molecule has 0 aliphatic carbocycles. The Morgan fingerprint density at radius 3 is 2.41 bits per heavy atom. The molecule has 0 atom stereocenters. The molecule has 1 amide bonds. The van der Waals surface area contributed by atoms with Crippen LogP contribution in [0, 0.1) is 10.1 Å². The number of carbonyl (C=O) groups is 2. The summed E-state index contributed by atoms with van der Waals surface area (Å²) in [6.07, 6.45) is 0. The third-order valence-electron chi connectivity index (χ3n) is 4.27. The van der Waals surface area contributed by atoms with Crippen LogP contribution in [0.1, 0.15) is 33.6 Å². The van der Waals surface area contributed by atoms with Gasteiger partial charge in [0.1, 0.15) is 29.6 Å². The van der Waals surface area contributed by atoms with Crippen molar-refractivity contribution in [2.45, 2.75) is 13.5 Å². The predicted octanol–water partition coefficient (Wildman–Crippen LogP) is 4.20. The highest BCUT2D eigenvalue weighted by atomic mass is 16.6. The van der Waals surface area contributed by atoms with Gasteiger partial charge in [0.05, 0.1) is 30.3 Å². The first-order chi connectivity index (χ1) is 15.4. The Morgan fingerprint density at radius 1 is 1.03 bits per heavy atom. The third-order valence-corrected chi connectivity index (χ3v) is 4.27. The molecular formula is C22H20N2O8. The van der Waals surface area contributed by atoms with E-state index in [9.17, 15) is 19.7 Å². The zero-order valence-electron chi connectivity index (χ0n) is 17.3. The SMILES string of the molecule is CCOc1ccc(NC(=O)c2ccc(COc3ccc(C(=O)OC)cc3)o2)c([N+](=O)[O-])c1. The van der Waals surface area contributed by atoms with Crippen molar-refractivity contribution in [2.75, 3.05) is 19.0 Å². The zero-order valence-corrected chi connectivity index (χ0v) is 17.3. The third kappa shape index (κ3) is 5.42. The Hall–Kier alpha value is -4.34. The molecule has 1 heterocycles. The molecule has 0 spiro atoms. The van der Waals surface area contributed by atoms with Gasteiger partial charge in [-0.25, -0.2) is 4.79 Å². The average molecular weight is 440 g/mol. The number of nitrogens with zero attached hydrogens (tertiary/aromatic N) is 1. The maximum atomic E-state index is 12.5. The van der Waals surface area contributed by atoms with E-state index in [2.05, 4.69) is 10.1 Å². The number of nitrogens with one attached hydrogen (secondary N) is 1. The largest absolute Gasteiger partial charge is 0.494 e. The number of rotatable bonds is 9. The lowest BCUT2D eigenvalue weighted by molar-refractivity contribution is -0.384. The highest BCUT2D eigenvalue weighted by Gasteiger charge is 2.20. The summed E-state index contributed by atoms with van der Waals surface area (Å²) in [4.78, 5) is 34.6.